The number of aliphatic imine (C=N–C) groups is 2. The van der Waals surface area contributed by atoms with Gasteiger partial charge in [-0.1, -0.05) is 65.8 Å². The largest absolute Gasteiger partial charge is 0.461 e. The molecule has 0 rings (SSSR count). The van der Waals surface area contributed by atoms with Crippen LogP contribution in [0.15, 0.2) is 81.5 Å². The van der Waals surface area contributed by atoms with Crippen LogP contribution < -0.4 is 11.5 Å². The average Bonchev–Trinajstić information content (AvgIpc) is 2.85. The minimum Gasteiger partial charge on any atom is -0.461 e. The molecular weight excluding hydrogens is 432 g/mol. The molecule has 5 heteroatoms. The van der Waals surface area contributed by atoms with E-state index in [9.17, 15) is 0 Å². The van der Waals surface area contributed by atoms with Crippen LogP contribution >= 0.6 is 0 Å². The summed E-state index contributed by atoms with van der Waals surface area (Å²) in [6.07, 6.45) is 18.4. The standard InChI is InChI=1S/C30H50N4O/c1-9-15-17-27(29(33-19-11-3)23(7)21-25(31)13-5)35-28(18-16-10-2)30(34-20-12-4)24(8)22-26(32)14-6/h13-14,17-20,29-30H,7-12,15-16,21-22,31-32H2,1-6H3. The van der Waals surface area contributed by atoms with Gasteiger partial charge in [-0.2, -0.15) is 0 Å². The Hall–Kier alpha value is -2.82. The van der Waals surface area contributed by atoms with Crippen LogP contribution in [0.3, 0.4) is 0 Å². The Kier molecular flexibility index (Phi) is 17.9. The Morgan fingerprint density at radius 3 is 1.40 bits per heavy atom. The van der Waals surface area contributed by atoms with Gasteiger partial charge >= 0.3 is 0 Å². The summed E-state index contributed by atoms with van der Waals surface area (Å²) >= 11 is 0. The molecule has 35 heavy (non-hydrogen) atoms. The van der Waals surface area contributed by atoms with E-state index in [4.69, 9.17) is 26.2 Å². The van der Waals surface area contributed by atoms with Gasteiger partial charge in [0.25, 0.3) is 0 Å². The molecule has 0 aromatic heterocycles. The molecule has 0 aliphatic heterocycles. The third-order valence-corrected chi connectivity index (χ3v) is 5.29. The Morgan fingerprint density at radius 2 is 1.11 bits per heavy atom. The van der Waals surface area contributed by atoms with E-state index in [1.165, 1.54) is 0 Å². The minimum absolute atomic E-state index is 0.324. The molecule has 0 aliphatic rings. The predicted molar refractivity (Wildman–Crippen MR) is 156 cm³/mol. The van der Waals surface area contributed by atoms with Crippen LogP contribution in [-0.2, 0) is 4.74 Å². The van der Waals surface area contributed by atoms with Crippen molar-refractivity contribution in [3.05, 3.63) is 71.5 Å². The first kappa shape index (κ1) is 32.2. The van der Waals surface area contributed by atoms with Gasteiger partial charge in [0.2, 0.25) is 0 Å². The van der Waals surface area contributed by atoms with Gasteiger partial charge in [0.1, 0.15) is 23.6 Å². The second-order valence-corrected chi connectivity index (χ2v) is 8.57. The number of hydrogen-bond acceptors (Lipinski definition) is 5. The summed E-state index contributed by atoms with van der Waals surface area (Å²) in [6, 6.07) is -0.649. The molecule has 0 radical (unpaired) electrons. The second kappa shape index (κ2) is 19.5. The lowest BCUT2D eigenvalue weighted by atomic mass is 9.99. The third-order valence-electron chi connectivity index (χ3n) is 5.29. The van der Waals surface area contributed by atoms with Crippen molar-refractivity contribution in [3.63, 3.8) is 0 Å². The fourth-order valence-electron chi connectivity index (χ4n) is 3.23. The molecule has 0 aromatic carbocycles. The molecular formula is C30H50N4O. The highest BCUT2D eigenvalue weighted by atomic mass is 16.5. The maximum atomic E-state index is 6.70. The Labute approximate surface area is 215 Å². The summed E-state index contributed by atoms with van der Waals surface area (Å²) < 4.78 is 6.70. The number of rotatable bonds is 18. The van der Waals surface area contributed by atoms with Crippen LogP contribution in [0.1, 0.15) is 92.9 Å². The van der Waals surface area contributed by atoms with Gasteiger partial charge < -0.3 is 16.2 Å². The molecule has 0 heterocycles. The number of unbranched alkanes of at least 4 members (excludes halogenated alkanes) is 2. The van der Waals surface area contributed by atoms with Gasteiger partial charge in [0.05, 0.1) is 0 Å². The molecule has 196 valence electrons. The van der Waals surface area contributed by atoms with Crippen LogP contribution in [0.4, 0.5) is 0 Å². The fourth-order valence-corrected chi connectivity index (χ4v) is 3.23. The van der Waals surface area contributed by atoms with E-state index in [0.29, 0.717) is 12.8 Å². The molecule has 0 aromatic rings. The van der Waals surface area contributed by atoms with Crippen LogP contribution in [-0.4, -0.2) is 24.5 Å². The Morgan fingerprint density at radius 1 is 0.743 bits per heavy atom. The van der Waals surface area contributed by atoms with Crippen molar-refractivity contribution in [1.29, 1.82) is 0 Å². The number of hydrogen-bond donors (Lipinski definition) is 2. The summed E-state index contributed by atoms with van der Waals surface area (Å²) in [5.41, 5.74) is 15.6. The SMILES string of the molecule is C=C(CC(N)=CC)C(N=CCC)C(=CCCC)OC(=CCCC)C(N=CCC)C(=C)CC(N)=CC. The van der Waals surface area contributed by atoms with Gasteiger partial charge in [0, 0.05) is 24.2 Å². The summed E-state index contributed by atoms with van der Waals surface area (Å²) in [5.74, 6) is 1.52. The summed E-state index contributed by atoms with van der Waals surface area (Å²) in [6.45, 7) is 20.9. The first-order valence-corrected chi connectivity index (χ1v) is 13.1. The summed E-state index contributed by atoms with van der Waals surface area (Å²) in [5, 5.41) is 0. The highest BCUT2D eigenvalue weighted by Gasteiger charge is 2.24. The summed E-state index contributed by atoms with van der Waals surface area (Å²) in [4.78, 5) is 9.65. The van der Waals surface area contributed by atoms with Crippen LogP contribution in [0.5, 0.6) is 0 Å². The first-order valence-electron chi connectivity index (χ1n) is 13.1. The molecule has 0 amide bonds. The molecule has 0 saturated heterocycles. The topological polar surface area (TPSA) is 86.0 Å². The van der Waals surface area contributed by atoms with E-state index >= 15 is 0 Å². The smallest absolute Gasteiger partial charge is 0.128 e. The zero-order valence-electron chi connectivity index (χ0n) is 23.1. The van der Waals surface area contributed by atoms with Gasteiger partial charge in [-0.05, 0) is 75.3 Å². The van der Waals surface area contributed by atoms with Crippen molar-refractivity contribution >= 4 is 12.4 Å². The van der Waals surface area contributed by atoms with Crippen molar-refractivity contribution in [1.82, 2.24) is 0 Å². The number of nitrogens with zero attached hydrogens (tertiary/aromatic N) is 2. The highest BCUT2D eigenvalue weighted by Crippen LogP contribution is 2.29. The van der Waals surface area contributed by atoms with Gasteiger partial charge in [0.15, 0.2) is 0 Å². The predicted octanol–water partition coefficient (Wildman–Crippen LogP) is 7.69. The molecule has 0 bridgehead atoms. The van der Waals surface area contributed by atoms with Crippen molar-refractivity contribution in [2.75, 3.05) is 0 Å². The lowest BCUT2D eigenvalue weighted by Crippen LogP contribution is -2.21. The molecule has 0 aliphatic carbocycles. The first-order chi connectivity index (χ1) is 16.8. The van der Waals surface area contributed by atoms with Gasteiger partial charge in [-0.15, -0.1) is 0 Å². The van der Waals surface area contributed by atoms with E-state index in [1.807, 2.05) is 38.4 Å². The number of ether oxygens (including phenoxy) is 1. The van der Waals surface area contributed by atoms with Gasteiger partial charge in [-0.3, -0.25) is 9.98 Å². The zero-order chi connectivity index (χ0) is 26.6. The number of nitrogens with two attached hydrogens (primary N) is 2. The fraction of sp³-hybridized carbons (Fsp3) is 0.533. The van der Waals surface area contributed by atoms with Crippen molar-refractivity contribution in [2.24, 2.45) is 21.5 Å². The Balaban J connectivity index is 6.52. The lowest BCUT2D eigenvalue weighted by Gasteiger charge is -2.25. The zero-order valence-corrected chi connectivity index (χ0v) is 23.1. The van der Waals surface area contributed by atoms with E-state index < -0.39 is 0 Å². The van der Waals surface area contributed by atoms with E-state index in [2.05, 4.69) is 53.0 Å². The molecule has 2 atom stereocenters. The van der Waals surface area contributed by atoms with E-state index in [0.717, 1.165) is 72.6 Å². The average molecular weight is 483 g/mol. The third kappa shape index (κ3) is 13.0. The lowest BCUT2D eigenvalue weighted by molar-refractivity contribution is 0.264. The molecule has 5 nitrogen and oxygen atoms in total. The van der Waals surface area contributed by atoms with Gasteiger partial charge in [-0.25, -0.2) is 0 Å². The molecule has 0 fully saturated rings. The minimum atomic E-state index is -0.324. The molecule has 0 saturated carbocycles. The highest BCUT2D eigenvalue weighted by molar-refractivity contribution is 5.59. The van der Waals surface area contributed by atoms with Crippen LogP contribution in [0.25, 0.3) is 0 Å². The van der Waals surface area contributed by atoms with Crippen molar-refractivity contribution in [2.45, 2.75) is 105 Å². The van der Waals surface area contributed by atoms with Crippen LogP contribution in [0, 0.1) is 0 Å². The van der Waals surface area contributed by atoms with E-state index in [-0.39, 0.29) is 12.1 Å². The maximum Gasteiger partial charge on any atom is 0.128 e. The van der Waals surface area contributed by atoms with Crippen molar-refractivity contribution < 1.29 is 4.74 Å². The molecule has 2 unspecified atom stereocenters. The number of allylic oxidation sites excluding steroid dienone is 6. The quantitative estimate of drug-likeness (QED) is 0.119. The van der Waals surface area contributed by atoms with Crippen LogP contribution in [0.2, 0.25) is 0 Å². The van der Waals surface area contributed by atoms with E-state index in [1.54, 1.807) is 0 Å². The maximum absolute atomic E-state index is 6.70. The molecule has 4 N–H and O–H groups in total. The summed E-state index contributed by atoms with van der Waals surface area (Å²) in [7, 11) is 0. The Bertz CT molecular complexity index is 759. The molecule has 0 spiro atoms. The second-order valence-electron chi connectivity index (χ2n) is 8.57. The van der Waals surface area contributed by atoms with Crippen molar-refractivity contribution in [3.8, 4) is 0 Å². The monoisotopic (exact) mass is 482 g/mol. The normalized spacial score (nSPS) is 15.6.